The second-order valence-electron chi connectivity index (χ2n) is 5.41. The summed E-state index contributed by atoms with van der Waals surface area (Å²) in [6, 6.07) is 4.69. The number of rotatable bonds is 4. The number of allylic oxidation sites excluding steroid dienone is 1. The van der Waals surface area contributed by atoms with E-state index in [0.29, 0.717) is 27.9 Å². The van der Waals surface area contributed by atoms with Crippen molar-refractivity contribution in [2.24, 2.45) is 4.99 Å². The van der Waals surface area contributed by atoms with Crippen LogP contribution in [0.3, 0.4) is 0 Å². The van der Waals surface area contributed by atoms with Crippen LogP contribution in [0, 0.1) is 21.7 Å². The number of pyridine rings is 1. The first kappa shape index (κ1) is 32.9. The molecule has 0 spiro atoms. The number of non-ortho nitro benzene ring substituents is 1. The summed E-state index contributed by atoms with van der Waals surface area (Å²) in [7, 11) is 0. The minimum atomic E-state index is -1.08. The average Bonchev–Trinajstić information content (AvgIpc) is 3.21. The van der Waals surface area contributed by atoms with E-state index >= 15 is 0 Å². The maximum Gasteiger partial charge on any atom is 0.275 e. The molecule has 2 aromatic heterocycles. The molecular formula is C24H32BrF2N5O2. The van der Waals surface area contributed by atoms with E-state index in [1.54, 1.807) is 36.9 Å². The van der Waals surface area contributed by atoms with Crippen LogP contribution in [0.1, 0.15) is 49.0 Å². The maximum atomic E-state index is 14.1. The lowest BCUT2D eigenvalue weighted by Crippen LogP contribution is -2.04. The molecule has 2 heterocycles. The van der Waals surface area contributed by atoms with Gasteiger partial charge in [0.15, 0.2) is 11.6 Å². The first-order valence-electron chi connectivity index (χ1n) is 10.3. The summed E-state index contributed by atoms with van der Waals surface area (Å²) in [5, 5.41) is 14.8. The lowest BCUT2D eigenvalue weighted by Gasteiger charge is -2.05. The van der Waals surface area contributed by atoms with Gasteiger partial charge in [0.05, 0.1) is 21.5 Å². The van der Waals surface area contributed by atoms with Gasteiger partial charge in [0.1, 0.15) is 11.4 Å². The Morgan fingerprint density at radius 3 is 2.03 bits per heavy atom. The lowest BCUT2D eigenvalue weighted by molar-refractivity contribution is -0.385. The van der Waals surface area contributed by atoms with Crippen molar-refractivity contribution in [3.05, 3.63) is 81.4 Å². The number of aromatic nitrogens is 3. The molecule has 0 aliphatic rings. The summed E-state index contributed by atoms with van der Waals surface area (Å²) in [6.45, 7) is 11.8. The SMILES string of the molecule is C.CC.CC.CC=N/C=C\C.O=[N+]([O-])c1cc(F)c(-n2cc(Br)c(-c3ccncc3)n2)c(F)c1. The summed E-state index contributed by atoms with van der Waals surface area (Å²) < 4.78 is 29.6. The van der Waals surface area contributed by atoms with Crippen molar-refractivity contribution in [3.8, 4) is 16.9 Å². The molecule has 0 amide bonds. The Balaban J connectivity index is 0. The standard InChI is InChI=1S/C14H7BrF2N4O2.C5H9N.2C2H6.CH4/c15-10-7-20(19-13(10)8-1-3-18-4-2-8)14-11(16)5-9(21(22)23)6-12(14)17;1-3-5-6-4-2;2*1-2;/h1-7H;3-5H,1-2H3;2*1-2H3;1H4/b;5-3-,6-4?;;;. The van der Waals surface area contributed by atoms with Gasteiger partial charge < -0.3 is 0 Å². The van der Waals surface area contributed by atoms with E-state index in [-0.39, 0.29) is 7.43 Å². The molecule has 0 unspecified atom stereocenters. The van der Waals surface area contributed by atoms with Gasteiger partial charge in [-0.15, -0.1) is 0 Å². The highest BCUT2D eigenvalue weighted by atomic mass is 79.9. The highest BCUT2D eigenvalue weighted by Gasteiger charge is 2.20. The van der Waals surface area contributed by atoms with Gasteiger partial charge in [0, 0.05) is 36.6 Å². The molecule has 34 heavy (non-hydrogen) atoms. The summed E-state index contributed by atoms with van der Waals surface area (Å²) in [4.78, 5) is 17.4. The minimum Gasteiger partial charge on any atom is -0.270 e. The van der Waals surface area contributed by atoms with Crippen molar-refractivity contribution in [2.45, 2.75) is 49.0 Å². The van der Waals surface area contributed by atoms with Gasteiger partial charge in [0.25, 0.3) is 5.69 Å². The molecule has 0 radical (unpaired) electrons. The number of nitrogens with zero attached hydrogens (tertiary/aromatic N) is 5. The first-order valence-corrected chi connectivity index (χ1v) is 11.1. The fourth-order valence-corrected chi connectivity index (χ4v) is 2.72. The van der Waals surface area contributed by atoms with E-state index in [9.17, 15) is 18.9 Å². The number of halogens is 3. The Bertz CT molecular complexity index is 1020. The van der Waals surface area contributed by atoms with Crippen LogP contribution in [0.5, 0.6) is 0 Å². The number of nitro groups is 1. The summed E-state index contributed by atoms with van der Waals surface area (Å²) in [5.41, 5.74) is 0.0128. The van der Waals surface area contributed by atoms with E-state index in [2.05, 4.69) is 31.0 Å². The van der Waals surface area contributed by atoms with E-state index in [0.717, 1.165) is 4.68 Å². The zero-order valence-electron chi connectivity index (χ0n) is 19.5. The maximum absolute atomic E-state index is 14.1. The minimum absolute atomic E-state index is 0. The first-order chi connectivity index (χ1) is 15.9. The van der Waals surface area contributed by atoms with Crippen molar-refractivity contribution < 1.29 is 13.7 Å². The molecule has 7 nitrogen and oxygen atoms in total. The van der Waals surface area contributed by atoms with Crippen LogP contribution in [0.25, 0.3) is 16.9 Å². The molecular weight excluding hydrogens is 508 g/mol. The second kappa shape index (κ2) is 18.2. The number of aliphatic imine (C=N–C) groups is 1. The molecule has 186 valence electrons. The zero-order valence-corrected chi connectivity index (χ0v) is 21.0. The van der Waals surface area contributed by atoms with E-state index in [1.165, 1.54) is 6.20 Å². The van der Waals surface area contributed by atoms with Gasteiger partial charge in [-0.2, -0.15) is 5.10 Å². The number of hydrogen-bond donors (Lipinski definition) is 0. The van der Waals surface area contributed by atoms with Crippen molar-refractivity contribution in [2.75, 3.05) is 0 Å². The molecule has 0 aliphatic carbocycles. The highest BCUT2D eigenvalue weighted by Crippen LogP contribution is 2.30. The highest BCUT2D eigenvalue weighted by molar-refractivity contribution is 9.10. The molecule has 0 fully saturated rings. The molecule has 3 rings (SSSR count). The van der Waals surface area contributed by atoms with Gasteiger partial charge in [-0.25, -0.2) is 13.5 Å². The molecule has 0 saturated carbocycles. The van der Waals surface area contributed by atoms with Crippen LogP contribution in [-0.4, -0.2) is 25.9 Å². The monoisotopic (exact) mass is 539 g/mol. The molecule has 0 N–H and O–H groups in total. The Morgan fingerprint density at radius 1 is 1.09 bits per heavy atom. The van der Waals surface area contributed by atoms with Gasteiger partial charge in [-0.1, -0.05) is 41.2 Å². The molecule has 0 atom stereocenters. The molecule has 0 saturated heterocycles. The van der Waals surface area contributed by atoms with Crippen LogP contribution in [0.4, 0.5) is 14.5 Å². The predicted molar refractivity (Wildman–Crippen MR) is 139 cm³/mol. The van der Waals surface area contributed by atoms with Gasteiger partial charge in [-0.3, -0.25) is 20.1 Å². The second-order valence-corrected chi connectivity index (χ2v) is 6.27. The fraction of sp³-hybridized carbons (Fsp3) is 0.292. The average molecular weight is 540 g/mol. The number of nitro benzene ring substituents is 1. The topological polar surface area (TPSA) is 86.2 Å². The summed E-state index contributed by atoms with van der Waals surface area (Å²) in [5.74, 6) is -2.15. The van der Waals surface area contributed by atoms with E-state index in [4.69, 9.17) is 0 Å². The third-order valence-corrected chi connectivity index (χ3v) is 4.03. The van der Waals surface area contributed by atoms with Crippen molar-refractivity contribution in [1.29, 1.82) is 0 Å². The fourth-order valence-electron chi connectivity index (χ4n) is 2.22. The number of benzene rings is 1. The van der Waals surface area contributed by atoms with Crippen molar-refractivity contribution in [1.82, 2.24) is 14.8 Å². The normalized spacial score (nSPS) is 9.68. The smallest absolute Gasteiger partial charge is 0.270 e. The van der Waals surface area contributed by atoms with Gasteiger partial charge in [0.2, 0.25) is 0 Å². The van der Waals surface area contributed by atoms with Crippen LogP contribution in [-0.2, 0) is 0 Å². The van der Waals surface area contributed by atoms with Crippen molar-refractivity contribution >= 4 is 27.8 Å². The molecule has 1 aromatic carbocycles. The quantitative estimate of drug-likeness (QED) is 0.190. The van der Waals surface area contributed by atoms with Crippen LogP contribution in [0.15, 0.2) is 64.6 Å². The Kier molecular flexibility index (Phi) is 17.6. The van der Waals surface area contributed by atoms with Gasteiger partial charge in [-0.05, 0) is 41.9 Å². The van der Waals surface area contributed by atoms with Crippen molar-refractivity contribution in [3.63, 3.8) is 0 Å². The summed E-state index contributed by atoms with van der Waals surface area (Å²) in [6.07, 6.45) is 9.89. The Labute approximate surface area is 208 Å². The third kappa shape index (κ3) is 9.70. The molecule has 0 aliphatic heterocycles. The lowest BCUT2D eigenvalue weighted by atomic mass is 10.2. The third-order valence-electron chi connectivity index (χ3n) is 3.45. The van der Waals surface area contributed by atoms with E-state index in [1.807, 2.05) is 47.6 Å². The predicted octanol–water partition coefficient (Wildman–Crippen LogP) is 8.18. The number of hydrogen-bond acceptors (Lipinski definition) is 5. The molecule has 10 heteroatoms. The van der Waals surface area contributed by atoms with Gasteiger partial charge >= 0.3 is 0 Å². The molecule has 3 aromatic rings. The largest absolute Gasteiger partial charge is 0.275 e. The Morgan fingerprint density at radius 2 is 1.62 bits per heavy atom. The Hall–Kier alpha value is -3.27. The van der Waals surface area contributed by atoms with Crippen LogP contribution in [0.2, 0.25) is 0 Å². The van der Waals surface area contributed by atoms with Crippen LogP contribution >= 0.6 is 15.9 Å². The summed E-state index contributed by atoms with van der Waals surface area (Å²) >= 11 is 3.28. The van der Waals surface area contributed by atoms with Crippen LogP contribution < -0.4 is 0 Å². The zero-order chi connectivity index (χ0) is 25.4. The molecule has 0 bridgehead atoms. The van der Waals surface area contributed by atoms with E-state index < -0.39 is 27.9 Å².